The van der Waals surface area contributed by atoms with Gasteiger partial charge in [-0.15, -0.1) is 0 Å². The fourth-order valence-electron chi connectivity index (χ4n) is 3.16. The summed E-state index contributed by atoms with van der Waals surface area (Å²) in [7, 11) is -4.07. The van der Waals surface area contributed by atoms with Gasteiger partial charge >= 0.3 is 0 Å². The van der Waals surface area contributed by atoms with E-state index >= 15 is 0 Å². The summed E-state index contributed by atoms with van der Waals surface area (Å²) in [6, 6.07) is 25.1. The molecule has 166 valence electrons. The van der Waals surface area contributed by atoms with E-state index in [2.05, 4.69) is 10.0 Å². The third-order valence-corrected chi connectivity index (χ3v) is 6.26. The zero-order valence-electron chi connectivity index (χ0n) is 17.2. The van der Waals surface area contributed by atoms with Gasteiger partial charge in [-0.3, -0.25) is 9.52 Å². The highest BCUT2D eigenvalue weighted by molar-refractivity contribution is 7.92. The van der Waals surface area contributed by atoms with E-state index in [0.717, 1.165) is 35.4 Å². The van der Waals surface area contributed by atoms with Crippen molar-refractivity contribution in [2.45, 2.75) is 4.90 Å². The first-order chi connectivity index (χ1) is 15.8. The third kappa shape index (κ3) is 5.19. The standard InChI is InChI=1S/C25H19FN2O4S/c26-20-10-13-22(14-11-20)33(31,32)28-23-16-21(12-15-24(23)29)27-25(30)19-8-6-18(7-9-19)17-4-2-1-3-5-17/h1-16,28-29H,(H,27,30). The smallest absolute Gasteiger partial charge is 0.262 e. The van der Waals surface area contributed by atoms with Gasteiger partial charge < -0.3 is 10.4 Å². The summed E-state index contributed by atoms with van der Waals surface area (Å²) in [4.78, 5) is 12.5. The van der Waals surface area contributed by atoms with Crippen molar-refractivity contribution in [3.63, 3.8) is 0 Å². The Kier molecular flexibility index (Phi) is 6.10. The van der Waals surface area contributed by atoms with Crippen LogP contribution in [0.3, 0.4) is 0 Å². The van der Waals surface area contributed by atoms with Crippen LogP contribution in [-0.2, 0) is 10.0 Å². The molecule has 6 nitrogen and oxygen atoms in total. The number of rotatable bonds is 6. The number of aromatic hydroxyl groups is 1. The van der Waals surface area contributed by atoms with E-state index in [9.17, 15) is 22.7 Å². The number of phenolic OH excluding ortho intramolecular Hbond substituents is 1. The number of carbonyl (C=O) groups is 1. The molecule has 0 aliphatic rings. The molecule has 0 aliphatic carbocycles. The topological polar surface area (TPSA) is 95.5 Å². The van der Waals surface area contributed by atoms with Crippen LogP contribution in [0.1, 0.15) is 10.4 Å². The minimum atomic E-state index is -4.07. The molecule has 33 heavy (non-hydrogen) atoms. The van der Waals surface area contributed by atoms with Gasteiger partial charge in [0, 0.05) is 11.3 Å². The number of amides is 1. The molecule has 0 saturated heterocycles. The van der Waals surface area contributed by atoms with Crippen molar-refractivity contribution < 1.29 is 22.7 Å². The molecular formula is C25H19FN2O4S. The lowest BCUT2D eigenvalue weighted by Crippen LogP contribution is -2.14. The molecule has 4 aromatic rings. The lowest BCUT2D eigenvalue weighted by molar-refractivity contribution is 0.102. The molecule has 0 fully saturated rings. The molecule has 0 spiro atoms. The maximum atomic E-state index is 13.1. The second-order valence-electron chi connectivity index (χ2n) is 7.19. The van der Waals surface area contributed by atoms with E-state index in [1.54, 1.807) is 12.1 Å². The number of anilines is 2. The minimum Gasteiger partial charge on any atom is -0.506 e. The Morgan fingerprint density at radius 3 is 2.09 bits per heavy atom. The number of nitrogens with one attached hydrogen (secondary N) is 2. The number of carbonyl (C=O) groups excluding carboxylic acids is 1. The summed E-state index contributed by atoms with van der Waals surface area (Å²) in [5, 5.41) is 12.8. The van der Waals surface area contributed by atoms with Crippen molar-refractivity contribution in [1.82, 2.24) is 0 Å². The van der Waals surface area contributed by atoms with Crippen LogP contribution in [0.4, 0.5) is 15.8 Å². The molecule has 0 bridgehead atoms. The Morgan fingerprint density at radius 2 is 1.42 bits per heavy atom. The first kappa shape index (κ1) is 22.0. The molecule has 0 radical (unpaired) electrons. The van der Waals surface area contributed by atoms with E-state index < -0.39 is 21.7 Å². The van der Waals surface area contributed by atoms with Crippen molar-refractivity contribution in [3.8, 4) is 16.9 Å². The van der Waals surface area contributed by atoms with Gasteiger partial charge in [0.25, 0.3) is 15.9 Å². The molecule has 0 aliphatic heterocycles. The molecule has 4 aromatic carbocycles. The van der Waals surface area contributed by atoms with Crippen LogP contribution in [0.2, 0.25) is 0 Å². The second-order valence-corrected chi connectivity index (χ2v) is 8.87. The largest absolute Gasteiger partial charge is 0.506 e. The summed E-state index contributed by atoms with van der Waals surface area (Å²) in [5.74, 6) is -1.29. The minimum absolute atomic E-state index is 0.128. The van der Waals surface area contributed by atoms with Crippen LogP contribution >= 0.6 is 0 Å². The van der Waals surface area contributed by atoms with Gasteiger partial charge in [0.2, 0.25) is 0 Å². The SMILES string of the molecule is O=C(Nc1ccc(O)c(NS(=O)(=O)c2ccc(F)cc2)c1)c1ccc(-c2ccccc2)cc1. The Labute approximate surface area is 190 Å². The van der Waals surface area contributed by atoms with Gasteiger partial charge in [-0.05, 0) is 65.7 Å². The summed E-state index contributed by atoms with van der Waals surface area (Å²) >= 11 is 0. The van der Waals surface area contributed by atoms with Crippen molar-refractivity contribution in [3.05, 3.63) is 108 Å². The lowest BCUT2D eigenvalue weighted by Gasteiger charge is -2.12. The van der Waals surface area contributed by atoms with E-state index in [0.29, 0.717) is 5.56 Å². The lowest BCUT2D eigenvalue weighted by atomic mass is 10.0. The Bertz CT molecular complexity index is 1390. The van der Waals surface area contributed by atoms with E-state index in [4.69, 9.17) is 0 Å². The maximum Gasteiger partial charge on any atom is 0.262 e. The highest BCUT2D eigenvalue weighted by Gasteiger charge is 2.17. The van der Waals surface area contributed by atoms with Gasteiger partial charge in [-0.2, -0.15) is 0 Å². The maximum absolute atomic E-state index is 13.1. The molecule has 0 saturated carbocycles. The van der Waals surface area contributed by atoms with Crippen LogP contribution in [-0.4, -0.2) is 19.4 Å². The van der Waals surface area contributed by atoms with Gasteiger partial charge in [0.05, 0.1) is 10.6 Å². The number of hydrogen-bond acceptors (Lipinski definition) is 4. The van der Waals surface area contributed by atoms with Crippen LogP contribution in [0.15, 0.2) is 102 Å². The quantitative estimate of drug-likeness (QED) is 0.269. The van der Waals surface area contributed by atoms with Crippen LogP contribution in [0.5, 0.6) is 5.75 Å². The molecule has 0 aromatic heterocycles. The molecule has 0 heterocycles. The number of sulfonamides is 1. The van der Waals surface area contributed by atoms with Crippen molar-refractivity contribution in [2.75, 3.05) is 10.0 Å². The molecular weight excluding hydrogens is 443 g/mol. The number of phenols is 1. The van der Waals surface area contributed by atoms with Gasteiger partial charge in [-0.1, -0.05) is 42.5 Å². The fraction of sp³-hybridized carbons (Fsp3) is 0. The molecule has 0 unspecified atom stereocenters. The van der Waals surface area contributed by atoms with Gasteiger partial charge in [0.1, 0.15) is 11.6 Å². The van der Waals surface area contributed by atoms with Gasteiger partial charge in [0.15, 0.2) is 0 Å². The van der Waals surface area contributed by atoms with Crippen molar-refractivity contribution in [2.24, 2.45) is 0 Å². The van der Waals surface area contributed by atoms with Gasteiger partial charge in [-0.25, -0.2) is 12.8 Å². The van der Waals surface area contributed by atoms with Crippen LogP contribution in [0, 0.1) is 5.82 Å². The summed E-state index contributed by atoms with van der Waals surface area (Å²) in [6.07, 6.45) is 0. The molecule has 8 heteroatoms. The molecule has 1 amide bonds. The Morgan fingerprint density at radius 1 is 0.788 bits per heavy atom. The Hall–Kier alpha value is -4.17. The number of halogens is 1. The average Bonchev–Trinajstić information content (AvgIpc) is 2.82. The summed E-state index contributed by atoms with van der Waals surface area (Å²) in [5.41, 5.74) is 2.56. The second kappa shape index (κ2) is 9.13. The zero-order chi connectivity index (χ0) is 23.4. The van der Waals surface area contributed by atoms with E-state index in [1.165, 1.54) is 18.2 Å². The predicted molar refractivity (Wildman–Crippen MR) is 125 cm³/mol. The Balaban J connectivity index is 1.50. The third-order valence-electron chi connectivity index (χ3n) is 4.88. The van der Waals surface area contributed by atoms with Crippen LogP contribution in [0.25, 0.3) is 11.1 Å². The van der Waals surface area contributed by atoms with Crippen molar-refractivity contribution >= 4 is 27.3 Å². The van der Waals surface area contributed by atoms with E-state index in [-0.39, 0.29) is 22.0 Å². The van der Waals surface area contributed by atoms with E-state index in [1.807, 2.05) is 42.5 Å². The van der Waals surface area contributed by atoms with Crippen LogP contribution < -0.4 is 10.0 Å². The van der Waals surface area contributed by atoms with Crippen molar-refractivity contribution in [1.29, 1.82) is 0 Å². The highest BCUT2D eigenvalue weighted by atomic mass is 32.2. The number of hydrogen-bond donors (Lipinski definition) is 3. The highest BCUT2D eigenvalue weighted by Crippen LogP contribution is 2.29. The monoisotopic (exact) mass is 462 g/mol. The molecule has 0 atom stereocenters. The number of benzene rings is 4. The summed E-state index contributed by atoms with van der Waals surface area (Å²) in [6.45, 7) is 0. The molecule has 3 N–H and O–H groups in total. The predicted octanol–water partition coefficient (Wildman–Crippen LogP) is 5.25. The fourth-order valence-corrected chi connectivity index (χ4v) is 4.23. The average molecular weight is 463 g/mol. The first-order valence-corrected chi connectivity index (χ1v) is 11.4. The molecule has 4 rings (SSSR count). The zero-order valence-corrected chi connectivity index (χ0v) is 18.0. The summed E-state index contributed by atoms with van der Waals surface area (Å²) < 4.78 is 40.4. The first-order valence-electron chi connectivity index (χ1n) is 9.90. The normalized spacial score (nSPS) is 11.1.